The summed E-state index contributed by atoms with van der Waals surface area (Å²) in [4.78, 5) is 25.9. The van der Waals surface area contributed by atoms with Crippen molar-refractivity contribution in [3.63, 3.8) is 0 Å². The lowest BCUT2D eigenvalue weighted by Crippen LogP contribution is -2.26. The molecular weight excluding hydrogens is 379 g/mol. The monoisotopic (exact) mass is 391 g/mol. The van der Waals surface area contributed by atoms with Crippen molar-refractivity contribution in [1.82, 2.24) is 15.0 Å². The van der Waals surface area contributed by atoms with E-state index in [0.29, 0.717) is 0 Å². The largest absolute Gasteiger partial charge is 0.449 e. The van der Waals surface area contributed by atoms with E-state index in [-0.39, 0.29) is 22.3 Å². The molecule has 2 aromatic carbocycles. The van der Waals surface area contributed by atoms with Crippen LogP contribution in [0.4, 0.5) is 18.9 Å². The maximum absolute atomic E-state index is 13.2. The standard InChI is InChI=1S/C17H12F3N5O3/c18-17(19,20)16-22-12-6-2-4-8-14(12)24(16)10-15(26)23-21-9-11-5-1-3-7-13(11)25(27)28/h1-9H,10H2,(H,23,26)/b21-9-. The zero-order valence-corrected chi connectivity index (χ0v) is 14.1. The Morgan fingerprint density at radius 2 is 1.89 bits per heavy atom. The first-order chi connectivity index (χ1) is 13.3. The number of nitro groups is 1. The molecule has 1 N–H and O–H groups in total. The number of imidazole rings is 1. The first-order valence-electron chi connectivity index (χ1n) is 7.85. The first kappa shape index (κ1) is 19.0. The molecule has 1 amide bonds. The molecule has 28 heavy (non-hydrogen) atoms. The van der Waals surface area contributed by atoms with Gasteiger partial charge >= 0.3 is 6.18 Å². The Labute approximate surface area is 155 Å². The topological polar surface area (TPSA) is 102 Å². The molecule has 144 valence electrons. The number of hydrazone groups is 1. The Morgan fingerprint density at radius 3 is 2.61 bits per heavy atom. The highest BCUT2D eigenvalue weighted by Gasteiger charge is 2.37. The molecule has 0 aliphatic rings. The quantitative estimate of drug-likeness (QED) is 0.410. The highest BCUT2D eigenvalue weighted by atomic mass is 19.4. The first-order valence-corrected chi connectivity index (χ1v) is 7.85. The maximum Gasteiger partial charge on any atom is 0.449 e. The lowest BCUT2D eigenvalue weighted by molar-refractivity contribution is -0.385. The molecule has 11 heteroatoms. The predicted octanol–water partition coefficient (Wildman–Crippen LogP) is 3.11. The third-order valence-corrected chi connectivity index (χ3v) is 3.74. The number of hydrogen-bond donors (Lipinski definition) is 1. The van der Waals surface area contributed by atoms with Crippen LogP contribution in [0.15, 0.2) is 53.6 Å². The molecule has 0 unspecified atom stereocenters. The molecule has 0 bridgehead atoms. The van der Waals surface area contributed by atoms with Gasteiger partial charge in [-0.2, -0.15) is 18.3 Å². The average molecular weight is 391 g/mol. The van der Waals surface area contributed by atoms with Gasteiger partial charge in [-0.15, -0.1) is 0 Å². The molecule has 8 nitrogen and oxygen atoms in total. The van der Waals surface area contributed by atoms with Crippen molar-refractivity contribution in [3.05, 3.63) is 70.0 Å². The summed E-state index contributed by atoms with van der Waals surface area (Å²) in [5.74, 6) is -2.05. The van der Waals surface area contributed by atoms with Crippen LogP contribution in [0.25, 0.3) is 11.0 Å². The molecule has 0 saturated carbocycles. The third-order valence-electron chi connectivity index (χ3n) is 3.74. The molecule has 0 fully saturated rings. The van der Waals surface area contributed by atoms with Gasteiger partial charge in [0.1, 0.15) is 6.54 Å². The van der Waals surface area contributed by atoms with Crippen molar-refractivity contribution in [1.29, 1.82) is 0 Å². The summed E-state index contributed by atoms with van der Waals surface area (Å²) in [5.41, 5.74) is 2.23. The summed E-state index contributed by atoms with van der Waals surface area (Å²) in [6.07, 6.45) is -3.69. The number of fused-ring (bicyclic) bond motifs is 1. The number of nitrogens with zero attached hydrogens (tertiary/aromatic N) is 4. The predicted molar refractivity (Wildman–Crippen MR) is 93.6 cm³/mol. The van der Waals surface area contributed by atoms with Crippen LogP contribution in [-0.2, 0) is 17.5 Å². The van der Waals surface area contributed by atoms with Gasteiger partial charge in [0.25, 0.3) is 11.6 Å². The summed E-state index contributed by atoms with van der Waals surface area (Å²) in [5, 5.41) is 14.5. The number of carbonyl (C=O) groups is 1. The molecule has 3 aromatic rings. The highest BCUT2D eigenvalue weighted by molar-refractivity contribution is 5.87. The number of amides is 1. The number of aromatic nitrogens is 2. The Kier molecular flexibility index (Phi) is 5.07. The Balaban J connectivity index is 1.80. The second kappa shape index (κ2) is 7.47. The van der Waals surface area contributed by atoms with Crippen LogP contribution in [0, 0.1) is 10.1 Å². The number of nitro benzene ring substituents is 1. The van der Waals surface area contributed by atoms with E-state index in [1.54, 1.807) is 6.07 Å². The zero-order valence-electron chi connectivity index (χ0n) is 14.1. The molecule has 1 heterocycles. The number of carbonyl (C=O) groups excluding carboxylic acids is 1. The Bertz CT molecular complexity index is 1080. The van der Waals surface area contributed by atoms with Crippen molar-refractivity contribution in [3.8, 4) is 0 Å². The highest BCUT2D eigenvalue weighted by Crippen LogP contribution is 2.31. The summed E-state index contributed by atoms with van der Waals surface area (Å²) >= 11 is 0. The third kappa shape index (κ3) is 3.98. The second-order valence-corrected chi connectivity index (χ2v) is 5.62. The Hall–Kier alpha value is -3.76. The molecule has 3 rings (SSSR count). The van der Waals surface area contributed by atoms with E-state index in [4.69, 9.17) is 0 Å². The molecular formula is C17H12F3N5O3. The molecule has 0 saturated heterocycles. The molecule has 0 spiro atoms. The second-order valence-electron chi connectivity index (χ2n) is 5.62. The number of nitrogens with one attached hydrogen (secondary N) is 1. The SMILES string of the molecule is O=C(Cn1c(C(F)(F)F)nc2ccccc21)N/N=C\c1ccccc1[N+](=O)[O-]. The zero-order chi connectivity index (χ0) is 20.3. The molecule has 0 radical (unpaired) electrons. The van der Waals surface area contributed by atoms with Crippen molar-refractivity contribution < 1.29 is 22.9 Å². The summed E-state index contributed by atoms with van der Waals surface area (Å²) < 4.78 is 40.4. The van der Waals surface area contributed by atoms with E-state index in [0.717, 1.165) is 10.8 Å². The summed E-state index contributed by atoms with van der Waals surface area (Å²) in [6, 6.07) is 11.6. The van der Waals surface area contributed by atoms with Gasteiger partial charge in [-0.05, 0) is 18.2 Å². The minimum atomic E-state index is -4.74. The molecule has 1 aromatic heterocycles. The minimum absolute atomic E-state index is 0.103. The van der Waals surface area contributed by atoms with Gasteiger partial charge in [0.2, 0.25) is 5.82 Å². The van der Waals surface area contributed by atoms with E-state index in [9.17, 15) is 28.1 Å². The van der Waals surface area contributed by atoms with Crippen LogP contribution >= 0.6 is 0 Å². The number of para-hydroxylation sites is 3. The van der Waals surface area contributed by atoms with Crippen LogP contribution < -0.4 is 5.43 Å². The molecule has 0 aliphatic carbocycles. The summed E-state index contributed by atoms with van der Waals surface area (Å²) in [6.45, 7) is -0.677. The fraction of sp³-hybridized carbons (Fsp3) is 0.118. The molecule has 0 atom stereocenters. The number of halogens is 3. The average Bonchev–Trinajstić information content (AvgIpc) is 3.01. The minimum Gasteiger partial charge on any atom is -0.311 e. The van der Waals surface area contributed by atoms with E-state index >= 15 is 0 Å². The maximum atomic E-state index is 13.2. The van der Waals surface area contributed by atoms with Gasteiger partial charge < -0.3 is 4.57 Å². The van der Waals surface area contributed by atoms with Gasteiger partial charge in [-0.3, -0.25) is 14.9 Å². The number of alkyl halides is 3. The lowest BCUT2D eigenvalue weighted by Gasteiger charge is -2.10. The van der Waals surface area contributed by atoms with Crippen LogP contribution in [0.5, 0.6) is 0 Å². The fourth-order valence-electron chi connectivity index (χ4n) is 2.57. The fourth-order valence-corrected chi connectivity index (χ4v) is 2.57. The van der Waals surface area contributed by atoms with Crippen LogP contribution in [0.2, 0.25) is 0 Å². The number of benzene rings is 2. The van der Waals surface area contributed by atoms with Crippen LogP contribution in [0.1, 0.15) is 11.4 Å². The van der Waals surface area contributed by atoms with Crippen molar-refractivity contribution >= 4 is 28.8 Å². The van der Waals surface area contributed by atoms with E-state index in [2.05, 4.69) is 15.5 Å². The van der Waals surface area contributed by atoms with Crippen LogP contribution in [-0.4, -0.2) is 26.6 Å². The van der Waals surface area contributed by atoms with Crippen LogP contribution in [0.3, 0.4) is 0 Å². The lowest BCUT2D eigenvalue weighted by atomic mass is 10.2. The number of rotatable bonds is 5. The van der Waals surface area contributed by atoms with Crippen molar-refractivity contribution in [2.24, 2.45) is 5.10 Å². The van der Waals surface area contributed by atoms with Crippen molar-refractivity contribution in [2.45, 2.75) is 12.7 Å². The van der Waals surface area contributed by atoms with Gasteiger partial charge in [-0.1, -0.05) is 24.3 Å². The van der Waals surface area contributed by atoms with E-state index < -0.39 is 29.4 Å². The van der Waals surface area contributed by atoms with Gasteiger partial charge in [0.05, 0.1) is 27.7 Å². The molecule has 0 aliphatic heterocycles. The van der Waals surface area contributed by atoms with Gasteiger partial charge in [-0.25, -0.2) is 10.4 Å². The number of hydrogen-bond acceptors (Lipinski definition) is 5. The van der Waals surface area contributed by atoms with Crippen molar-refractivity contribution in [2.75, 3.05) is 0 Å². The van der Waals surface area contributed by atoms with Gasteiger partial charge in [0.15, 0.2) is 0 Å². The van der Waals surface area contributed by atoms with Gasteiger partial charge in [0, 0.05) is 6.07 Å². The normalized spacial score (nSPS) is 11.8. The van der Waals surface area contributed by atoms with E-state index in [1.165, 1.54) is 42.5 Å². The Morgan fingerprint density at radius 1 is 1.21 bits per heavy atom. The van der Waals surface area contributed by atoms with E-state index in [1.807, 2.05) is 0 Å². The smallest absolute Gasteiger partial charge is 0.311 e. The summed E-state index contributed by atoms with van der Waals surface area (Å²) in [7, 11) is 0.